The first-order chi connectivity index (χ1) is 11.1. The third kappa shape index (κ3) is 3.41. The predicted octanol–water partition coefficient (Wildman–Crippen LogP) is 2.23. The van der Waals surface area contributed by atoms with Crippen molar-refractivity contribution >= 4 is 11.8 Å². The highest BCUT2D eigenvalue weighted by molar-refractivity contribution is 5.90. The van der Waals surface area contributed by atoms with Crippen molar-refractivity contribution in [1.82, 2.24) is 10.2 Å². The van der Waals surface area contributed by atoms with Gasteiger partial charge in [-0.1, -0.05) is 18.2 Å². The molecule has 1 aliphatic heterocycles. The summed E-state index contributed by atoms with van der Waals surface area (Å²) in [4.78, 5) is 25.9. The Morgan fingerprint density at radius 3 is 2.87 bits per heavy atom. The van der Waals surface area contributed by atoms with E-state index in [-0.39, 0.29) is 30.7 Å². The highest BCUT2D eigenvalue weighted by Gasteiger charge is 2.36. The summed E-state index contributed by atoms with van der Waals surface area (Å²) in [5.41, 5.74) is 0.419. The normalized spacial score (nSPS) is 17.5. The van der Waals surface area contributed by atoms with Crippen molar-refractivity contribution in [3.05, 3.63) is 59.8 Å². The Labute approximate surface area is 133 Å². The second-order valence-electron chi connectivity index (χ2n) is 5.46. The van der Waals surface area contributed by atoms with Crippen LogP contribution in [0.4, 0.5) is 4.39 Å². The molecule has 1 aromatic carbocycles. The van der Waals surface area contributed by atoms with Crippen molar-refractivity contribution in [3.8, 4) is 0 Å². The van der Waals surface area contributed by atoms with Crippen molar-refractivity contribution in [1.29, 1.82) is 0 Å². The van der Waals surface area contributed by atoms with E-state index in [1.165, 1.54) is 17.2 Å². The molecule has 1 fully saturated rings. The lowest BCUT2D eigenvalue weighted by Gasteiger charge is -2.23. The summed E-state index contributed by atoms with van der Waals surface area (Å²) in [6.07, 6.45) is 2.32. The van der Waals surface area contributed by atoms with Gasteiger partial charge in [-0.25, -0.2) is 4.39 Å². The zero-order valence-corrected chi connectivity index (χ0v) is 12.5. The van der Waals surface area contributed by atoms with Gasteiger partial charge < -0.3 is 14.6 Å². The molecule has 2 aromatic rings. The first-order valence-corrected chi connectivity index (χ1v) is 7.48. The fraction of sp³-hybridized carbons (Fsp3) is 0.294. The maximum absolute atomic E-state index is 13.6. The second-order valence-corrected chi connectivity index (χ2v) is 5.46. The van der Waals surface area contributed by atoms with E-state index in [1.807, 2.05) is 0 Å². The molecule has 0 saturated carbocycles. The molecule has 0 bridgehead atoms. The average Bonchev–Trinajstić information content (AvgIpc) is 3.18. The van der Waals surface area contributed by atoms with Crippen LogP contribution >= 0.6 is 0 Å². The molecule has 6 heteroatoms. The van der Waals surface area contributed by atoms with E-state index in [4.69, 9.17) is 4.42 Å². The van der Waals surface area contributed by atoms with Crippen LogP contribution in [0.1, 0.15) is 24.2 Å². The number of benzene rings is 1. The molecular formula is C17H17FN2O3. The van der Waals surface area contributed by atoms with E-state index in [0.717, 1.165) is 0 Å². The lowest BCUT2D eigenvalue weighted by molar-refractivity contribution is -0.136. The number of amides is 2. The van der Waals surface area contributed by atoms with E-state index in [1.54, 1.807) is 30.3 Å². The summed E-state index contributed by atoms with van der Waals surface area (Å²) in [5, 5.41) is 2.71. The monoisotopic (exact) mass is 316 g/mol. The molecule has 120 valence electrons. The molecule has 3 rings (SSSR count). The van der Waals surface area contributed by atoms with Crippen LogP contribution in [0.2, 0.25) is 0 Å². The number of carbonyl (C=O) groups excluding carboxylic acids is 2. The van der Waals surface area contributed by atoms with Crippen LogP contribution in [-0.4, -0.2) is 22.8 Å². The molecule has 0 aliphatic carbocycles. The molecule has 1 aliphatic rings. The largest absolute Gasteiger partial charge is 0.467 e. The van der Waals surface area contributed by atoms with Crippen molar-refractivity contribution in [2.45, 2.75) is 32.0 Å². The van der Waals surface area contributed by atoms with Crippen LogP contribution in [-0.2, 0) is 22.7 Å². The molecule has 23 heavy (non-hydrogen) atoms. The Kier molecular flexibility index (Phi) is 4.41. The number of carbonyl (C=O) groups is 2. The number of hydrogen-bond donors (Lipinski definition) is 1. The minimum absolute atomic E-state index is 0.0764. The van der Waals surface area contributed by atoms with Gasteiger partial charge >= 0.3 is 0 Å². The Bertz CT molecular complexity index is 700. The summed E-state index contributed by atoms with van der Waals surface area (Å²) in [7, 11) is 0. The van der Waals surface area contributed by atoms with Gasteiger partial charge in [0.15, 0.2) is 0 Å². The van der Waals surface area contributed by atoms with Gasteiger partial charge in [0, 0.05) is 18.5 Å². The Morgan fingerprint density at radius 1 is 1.30 bits per heavy atom. The standard InChI is InChI=1S/C17H17FN2O3/c18-14-6-2-1-4-12(14)10-19-17(22)15-7-8-16(21)20(15)11-13-5-3-9-23-13/h1-6,9,15H,7-8,10-11H2,(H,19,22). The Balaban J connectivity index is 1.63. The molecule has 2 heterocycles. The van der Waals surface area contributed by atoms with Gasteiger partial charge in [0.1, 0.15) is 17.6 Å². The zero-order valence-electron chi connectivity index (χ0n) is 12.5. The Morgan fingerprint density at radius 2 is 2.13 bits per heavy atom. The number of rotatable bonds is 5. The summed E-state index contributed by atoms with van der Waals surface area (Å²) in [6, 6.07) is 9.25. The third-order valence-corrected chi connectivity index (χ3v) is 3.95. The highest BCUT2D eigenvalue weighted by atomic mass is 19.1. The van der Waals surface area contributed by atoms with E-state index >= 15 is 0 Å². The zero-order chi connectivity index (χ0) is 16.2. The minimum Gasteiger partial charge on any atom is -0.467 e. The maximum atomic E-state index is 13.6. The van der Waals surface area contributed by atoms with Crippen LogP contribution in [0.3, 0.4) is 0 Å². The molecule has 1 saturated heterocycles. The van der Waals surface area contributed by atoms with Crippen LogP contribution in [0, 0.1) is 5.82 Å². The summed E-state index contributed by atoms with van der Waals surface area (Å²) in [6.45, 7) is 0.369. The molecule has 1 unspecified atom stereocenters. The molecule has 0 spiro atoms. The number of nitrogens with one attached hydrogen (secondary N) is 1. The van der Waals surface area contributed by atoms with Crippen molar-refractivity contribution < 1.29 is 18.4 Å². The van der Waals surface area contributed by atoms with Crippen molar-refractivity contribution in [2.75, 3.05) is 0 Å². The van der Waals surface area contributed by atoms with Gasteiger partial charge in [0.25, 0.3) is 0 Å². The minimum atomic E-state index is -0.542. The molecule has 2 amide bonds. The van der Waals surface area contributed by atoms with Crippen LogP contribution in [0.15, 0.2) is 47.1 Å². The van der Waals surface area contributed by atoms with Gasteiger partial charge in [0.05, 0.1) is 12.8 Å². The first kappa shape index (κ1) is 15.3. The van der Waals surface area contributed by atoms with Crippen molar-refractivity contribution in [2.24, 2.45) is 0 Å². The quantitative estimate of drug-likeness (QED) is 0.920. The van der Waals surface area contributed by atoms with E-state index in [9.17, 15) is 14.0 Å². The number of halogens is 1. The summed E-state index contributed by atoms with van der Waals surface area (Å²) >= 11 is 0. The van der Waals surface area contributed by atoms with Crippen LogP contribution in [0.25, 0.3) is 0 Å². The number of furan rings is 1. The molecular weight excluding hydrogens is 299 g/mol. The second kappa shape index (κ2) is 6.64. The number of nitrogens with zero attached hydrogens (tertiary/aromatic N) is 1. The van der Waals surface area contributed by atoms with Gasteiger partial charge in [0.2, 0.25) is 11.8 Å². The molecule has 1 N–H and O–H groups in total. The summed E-state index contributed by atoms with van der Waals surface area (Å²) in [5.74, 6) is -0.0759. The van der Waals surface area contributed by atoms with E-state index in [2.05, 4.69) is 5.32 Å². The topological polar surface area (TPSA) is 62.6 Å². The van der Waals surface area contributed by atoms with Gasteiger partial charge in [-0.15, -0.1) is 0 Å². The van der Waals surface area contributed by atoms with Gasteiger partial charge in [-0.05, 0) is 24.6 Å². The van der Waals surface area contributed by atoms with E-state index < -0.39 is 6.04 Å². The van der Waals surface area contributed by atoms with Crippen LogP contribution in [0.5, 0.6) is 0 Å². The lowest BCUT2D eigenvalue weighted by Crippen LogP contribution is -2.44. The third-order valence-electron chi connectivity index (χ3n) is 3.95. The highest BCUT2D eigenvalue weighted by Crippen LogP contribution is 2.22. The SMILES string of the molecule is O=C(NCc1ccccc1F)C1CCC(=O)N1Cc1ccco1. The van der Waals surface area contributed by atoms with Gasteiger partial charge in [-0.3, -0.25) is 9.59 Å². The molecule has 0 radical (unpaired) electrons. The Hall–Kier alpha value is -2.63. The molecule has 1 atom stereocenters. The predicted molar refractivity (Wildman–Crippen MR) is 80.5 cm³/mol. The van der Waals surface area contributed by atoms with Crippen molar-refractivity contribution in [3.63, 3.8) is 0 Å². The first-order valence-electron chi connectivity index (χ1n) is 7.48. The van der Waals surface area contributed by atoms with Crippen LogP contribution < -0.4 is 5.32 Å². The van der Waals surface area contributed by atoms with E-state index in [0.29, 0.717) is 24.2 Å². The number of likely N-dealkylation sites (tertiary alicyclic amines) is 1. The fourth-order valence-corrected chi connectivity index (χ4v) is 2.72. The fourth-order valence-electron chi connectivity index (χ4n) is 2.72. The maximum Gasteiger partial charge on any atom is 0.243 e. The molecule has 1 aromatic heterocycles. The lowest BCUT2D eigenvalue weighted by atomic mass is 10.1. The smallest absolute Gasteiger partial charge is 0.243 e. The summed E-state index contributed by atoms with van der Waals surface area (Å²) < 4.78 is 18.8. The average molecular weight is 316 g/mol. The van der Waals surface area contributed by atoms with Gasteiger partial charge in [-0.2, -0.15) is 0 Å². The number of hydrogen-bond acceptors (Lipinski definition) is 3. The molecule has 5 nitrogen and oxygen atoms in total.